The van der Waals surface area contributed by atoms with Crippen molar-refractivity contribution in [1.82, 2.24) is 39.9 Å². The van der Waals surface area contributed by atoms with Gasteiger partial charge in [0.1, 0.15) is 23.2 Å². The van der Waals surface area contributed by atoms with Gasteiger partial charge in [0.25, 0.3) is 6.43 Å². The van der Waals surface area contributed by atoms with Crippen LogP contribution in [0.3, 0.4) is 0 Å². The van der Waals surface area contributed by atoms with Gasteiger partial charge in [0, 0.05) is 19.3 Å². The van der Waals surface area contributed by atoms with Gasteiger partial charge in [-0.3, -0.25) is 0 Å². The van der Waals surface area contributed by atoms with E-state index >= 15 is 0 Å². The largest absolute Gasteiger partial charge is 0.471 e. The molecule has 4 heterocycles. The number of ether oxygens (including phenoxy) is 4. The molecule has 12 nitrogen and oxygen atoms in total. The maximum Gasteiger partial charge on any atom is 0.422 e. The first kappa shape index (κ1) is 31.5. The zero-order chi connectivity index (χ0) is 31.7. The topological polar surface area (TPSA) is 132 Å². The van der Waals surface area contributed by atoms with Crippen LogP contribution in [-0.4, -0.2) is 70.3 Å². The molecule has 0 fully saturated rings. The lowest BCUT2D eigenvalue weighted by atomic mass is 10.1. The predicted octanol–water partition coefficient (Wildman–Crippen LogP) is 5.29. The third-order valence-corrected chi connectivity index (χ3v) is 5.17. The standard InChI is InChI=1S/C26H29F5N8O4/c1-24(2,3)42-21-14(10-32-23(35-21)43-25(4,5)6)15-8-13-20(37-36-15)39(7)38-22(13)41-18(19(27)28)16-9-17(34-12-33-16)40-11-26(29,30)31/h8-10,12,18-19H,11H2,1-7H3/t18-/m1/s1. The number of hydrogen-bond acceptors (Lipinski definition) is 11. The average Bonchev–Trinajstić information content (AvgIpc) is 3.18. The molecule has 0 aromatic carbocycles. The van der Waals surface area contributed by atoms with Crippen LogP contribution < -0.4 is 18.9 Å². The quantitative estimate of drug-likeness (QED) is 0.228. The monoisotopic (exact) mass is 612 g/mol. The molecule has 43 heavy (non-hydrogen) atoms. The molecule has 232 valence electrons. The Morgan fingerprint density at radius 3 is 2.21 bits per heavy atom. The number of nitrogens with zero attached hydrogens (tertiary/aromatic N) is 8. The zero-order valence-electron chi connectivity index (χ0n) is 24.3. The van der Waals surface area contributed by atoms with Gasteiger partial charge in [-0.05, 0) is 47.6 Å². The van der Waals surface area contributed by atoms with Crippen molar-refractivity contribution in [2.45, 2.75) is 71.5 Å². The smallest absolute Gasteiger partial charge is 0.422 e. The van der Waals surface area contributed by atoms with Crippen molar-refractivity contribution >= 4 is 11.0 Å². The molecule has 0 radical (unpaired) electrons. The molecule has 0 aliphatic heterocycles. The number of alkyl halides is 5. The first-order valence-corrected chi connectivity index (χ1v) is 12.8. The second-order valence-electron chi connectivity index (χ2n) is 11.3. The van der Waals surface area contributed by atoms with Crippen LogP contribution in [-0.2, 0) is 7.05 Å². The van der Waals surface area contributed by atoms with E-state index < -0.39 is 48.1 Å². The molecule has 0 spiro atoms. The van der Waals surface area contributed by atoms with Gasteiger partial charge in [-0.25, -0.2) is 28.4 Å². The minimum Gasteiger partial charge on any atom is -0.471 e. The Hall–Kier alpha value is -4.44. The number of hydrogen-bond donors (Lipinski definition) is 0. The van der Waals surface area contributed by atoms with Crippen molar-refractivity contribution in [1.29, 1.82) is 0 Å². The van der Waals surface area contributed by atoms with Crippen LogP contribution in [0.1, 0.15) is 53.3 Å². The second kappa shape index (κ2) is 11.7. The van der Waals surface area contributed by atoms with Gasteiger partial charge in [0.2, 0.25) is 23.7 Å². The summed E-state index contributed by atoms with van der Waals surface area (Å²) in [6.07, 6.45) is -7.62. The van der Waals surface area contributed by atoms with E-state index in [1.165, 1.54) is 24.0 Å². The lowest BCUT2D eigenvalue weighted by molar-refractivity contribution is -0.154. The second-order valence-corrected chi connectivity index (χ2v) is 11.3. The van der Waals surface area contributed by atoms with Gasteiger partial charge in [-0.15, -0.1) is 15.3 Å². The Balaban J connectivity index is 1.73. The fourth-order valence-electron chi connectivity index (χ4n) is 3.56. The van der Waals surface area contributed by atoms with E-state index in [9.17, 15) is 22.0 Å². The van der Waals surface area contributed by atoms with Crippen molar-refractivity contribution in [3.8, 4) is 34.9 Å². The van der Waals surface area contributed by atoms with Crippen molar-refractivity contribution in [2.24, 2.45) is 7.05 Å². The Kier molecular flexibility index (Phi) is 8.56. The van der Waals surface area contributed by atoms with Crippen LogP contribution in [0.5, 0.6) is 23.7 Å². The summed E-state index contributed by atoms with van der Waals surface area (Å²) < 4.78 is 89.3. The van der Waals surface area contributed by atoms with Gasteiger partial charge in [-0.2, -0.15) is 18.2 Å². The van der Waals surface area contributed by atoms with E-state index in [1.54, 1.807) is 0 Å². The van der Waals surface area contributed by atoms with Gasteiger partial charge >= 0.3 is 12.2 Å². The summed E-state index contributed by atoms with van der Waals surface area (Å²) in [5, 5.41) is 12.7. The van der Waals surface area contributed by atoms with Crippen LogP contribution in [0.4, 0.5) is 22.0 Å². The summed E-state index contributed by atoms with van der Waals surface area (Å²) in [4.78, 5) is 16.0. The van der Waals surface area contributed by atoms with E-state index in [0.29, 0.717) is 5.56 Å². The number of aromatic nitrogens is 8. The molecule has 0 saturated heterocycles. The molecule has 17 heteroatoms. The fraction of sp³-hybridized carbons (Fsp3) is 0.500. The number of aryl methyl sites for hydroxylation is 1. The van der Waals surface area contributed by atoms with Crippen LogP contribution >= 0.6 is 0 Å². The summed E-state index contributed by atoms with van der Waals surface area (Å²) in [5.74, 6) is -0.678. The highest BCUT2D eigenvalue weighted by molar-refractivity contribution is 5.85. The van der Waals surface area contributed by atoms with E-state index in [4.69, 9.17) is 14.2 Å². The minimum absolute atomic E-state index is 0.0677. The molecule has 1 atom stereocenters. The molecule has 0 aliphatic carbocycles. The lowest BCUT2D eigenvalue weighted by Crippen LogP contribution is -2.26. The maximum absolute atomic E-state index is 14.2. The first-order chi connectivity index (χ1) is 19.9. The summed E-state index contributed by atoms with van der Waals surface area (Å²) in [6.45, 7) is 9.31. The molecular weight excluding hydrogens is 583 g/mol. The molecule has 4 aromatic heterocycles. The van der Waals surface area contributed by atoms with E-state index in [-0.39, 0.29) is 34.5 Å². The summed E-state index contributed by atoms with van der Waals surface area (Å²) in [5.41, 5.74) is -0.953. The molecule has 4 rings (SSSR count). The first-order valence-electron chi connectivity index (χ1n) is 12.8. The third kappa shape index (κ3) is 8.32. The van der Waals surface area contributed by atoms with Crippen molar-refractivity contribution < 1.29 is 40.9 Å². The van der Waals surface area contributed by atoms with E-state index in [0.717, 1.165) is 12.4 Å². The molecular formula is C26H29F5N8O4. The van der Waals surface area contributed by atoms with Crippen LogP contribution in [0.2, 0.25) is 0 Å². The van der Waals surface area contributed by atoms with Crippen molar-refractivity contribution in [2.75, 3.05) is 6.61 Å². The average molecular weight is 613 g/mol. The molecule has 0 aliphatic rings. The van der Waals surface area contributed by atoms with E-state index in [2.05, 4.69) is 40.0 Å². The number of rotatable bonds is 9. The number of halogens is 5. The maximum atomic E-state index is 14.2. The lowest BCUT2D eigenvalue weighted by Gasteiger charge is -2.24. The molecule has 0 N–H and O–H groups in total. The van der Waals surface area contributed by atoms with Crippen LogP contribution in [0.25, 0.3) is 22.3 Å². The van der Waals surface area contributed by atoms with Crippen LogP contribution in [0.15, 0.2) is 24.7 Å². The Bertz CT molecular complexity index is 1580. The Morgan fingerprint density at radius 2 is 1.58 bits per heavy atom. The molecule has 0 amide bonds. The van der Waals surface area contributed by atoms with Crippen molar-refractivity contribution in [3.05, 3.63) is 30.4 Å². The molecule has 0 bridgehead atoms. The molecule has 4 aromatic rings. The highest BCUT2D eigenvalue weighted by Crippen LogP contribution is 2.36. The zero-order valence-corrected chi connectivity index (χ0v) is 24.3. The van der Waals surface area contributed by atoms with E-state index in [1.807, 2.05) is 41.5 Å². The predicted molar refractivity (Wildman–Crippen MR) is 141 cm³/mol. The Morgan fingerprint density at radius 1 is 0.884 bits per heavy atom. The van der Waals surface area contributed by atoms with Crippen molar-refractivity contribution in [3.63, 3.8) is 0 Å². The molecule has 0 unspecified atom stereocenters. The third-order valence-electron chi connectivity index (χ3n) is 5.17. The van der Waals surface area contributed by atoms with Gasteiger partial charge in [-0.1, -0.05) is 0 Å². The SMILES string of the molecule is Cn1nc(O[C@H](c2cc(OCC(F)(F)F)ncn2)C(F)F)c2cc(-c3cnc(OC(C)(C)C)nc3OC(C)(C)C)nnc21. The highest BCUT2D eigenvalue weighted by Gasteiger charge is 2.32. The summed E-state index contributed by atoms with van der Waals surface area (Å²) in [7, 11) is 1.50. The van der Waals surface area contributed by atoms with Gasteiger partial charge in [0.15, 0.2) is 12.3 Å². The highest BCUT2D eigenvalue weighted by atomic mass is 19.4. The van der Waals surface area contributed by atoms with Crippen LogP contribution in [0, 0.1) is 0 Å². The number of fused-ring (bicyclic) bond motifs is 1. The normalized spacial score (nSPS) is 13.3. The summed E-state index contributed by atoms with van der Waals surface area (Å²) >= 11 is 0. The van der Waals surface area contributed by atoms with Gasteiger partial charge in [0.05, 0.1) is 16.6 Å². The summed E-state index contributed by atoms with van der Waals surface area (Å²) in [6, 6.07) is 2.40. The fourth-order valence-corrected chi connectivity index (χ4v) is 3.56. The Labute approximate surface area is 242 Å². The van der Waals surface area contributed by atoms with Gasteiger partial charge < -0.3 is 18.9 Å². The minimum atomic E-state index is -4.65. The molecule has 0 saturated carbocycles.